The molecule has 0 bridgehead atoms. The maximum atomic E-state index is 13.2. The van der Waals surface area contributed by atoms with Crippen molar-refractivity contribution >= 4 is 43.6 Å². The number of benzene rings is 4. The van der Waals surface area contributed by atoms with Gasteiger partial charge in [0.2, 0.25) is 5.91 Å². The molecule has 0 spiro atoms. The van der Waals surface area contributed by atoms with Crippen LogP contribution in [0.3, 0.4) is 0 Å². The largest absolute Gasteiger partial charge is 0.350 e. The molecule has 10 heteroatoms. The molecular formula is C31H29Cl2N2O5P. The Morgan fingerprint density at radius 1 is 0.659 bits per heavy atom. The van der Waals surface area contributed by atoms with Gasteiger partial charge in [-0.1, -0.05) is 96.0 Å². The monoisotopic (exact) mass is 610 g/mol. The fourth-order valence-corrected chi connectivity index (χ4v) is 4.84. The molecule has 2 amide bonds. The summed E-state index contributed by atoms with van der Waals surface area (Å²) in [7, 11) is -1.91. The number of nitrogens with one attached hydrogen (secondary N) is 2. The summed E-state index contributed by atoms with van der Waals surface area (Å²) in [5.41, 5.74) is 3.09. The molecule has 0 aromatic heterocycles. The normalized spacial score (nSPS) is 11.7. The minimum absolute atomic E-state index is 0.174. The Hall–Kier alpha value is -3.29. The Kier molecular flexibility index (Phi) is 12.1. The van der Waals surface area contributed by atoms with E-state index < -0.39 is 26.5 Å². The molecule has 4 rings (SSSR count). The zero-order chi connectivity index (χ0) is 28.9. The lowest BCUT2D eigenvalue weighted by Crippen LogP contribution is -2.49. The molecule has 0 aliphatic rings. The predicted molar refractivity (Wildman–Crippen MR) is 161 cm³/mol. The molecule has 0 fully saturated rings. The SMILES string of the molecule is O=C(N[C@@H](COP(OCc1ccc(Cl)cc1)OCc1ccc(Cl)cc1)C(=O)NCc1ccccc1)c1ccccc1. The minimum atomic E-state index is -1.91. The Morgan fingerprint density at radius 3 is 1.71 bits per heavy atom. The molecule has 0 unspecified atom stereocenters. The van der Waals surface area contributed by atoms with E-state index in [0.717, 1.165) is 16.7 Å². The number of rotatable bonds is 14. The van der Waals surface area contributed by atoms with Crippen LogP contribution in [0.1, 0.15) is 27.0 Å². The summed E-state index contributed by atoms with van der Waals surface area (Å²) in [6, 6.07) is 31.6. The van der Waals surface area contributed by atoms with Crippen molar-refractivity contribution in [3.63, 3.8) is 0 Å². The van der Waals surface area contributed by atoms with Crippen LogP contribution in [0.15, 0.2) is 109 Å². The van der Waals surface area contributed by atoms with Crippen LogP contribution in [0.2, 0.25) is 10.0 Å². The first-order chi connectivity index (χ1) is 20.0. The quantitative estimate of drug-likeness (QED) is 0.149. The number of halogens is 2. The van der Waals surface area contributed by atoms with Crippen molar-refractivity contribution in [3.05, 3.63) is 141 Å². The average molecular weight is 611 g/mol. The van der Waals surface area contributed by atoms with Crippen molar-refractivity contribution in [1.82, 2.24) is 10.6 Å². The number of hydrogen-bond donors (Lipinski definition) is 2. The van der Waals surface area contributed by atoms with Gasteiger partial charge < -0.3 is 24.2 Å². The van der Waals surface area contributed by atoms with Gasteiger partial charge in [-0.15, -0.1) is 0 Å². The van der Waals surface area contributed by atoms with Crippen LogP contribution in [-0.4, -0.2) is 24.5 Å². The Bertz CT molecular complexity index is 1330. The van der Waals surface area contributed by atoms with Crippen molar-refractivity contribution < 1.29 is 23.2 Å². The molecule has 212 valence electrons. The molecule has 4 aromatic rings. The van der Waals surface area contributed by atoms with Crippen LogP contribution in [0.5, 0.6) is 0 Å². The summed E-state index contributed by atoms with van der Waals surface area (Å²) >= 11 is 12.0. The van der Waals surface area contributed by atoms with Gasteiger partial charge >= 0.3 is 8.60 Å². The van der Waals surface area contributed by atoms with Gasteiger partial charge in [-0.05, 0) is 53.1 Å². The van der Waals surface area contributed by atoms with Gasteiger partial charge in [-0.25, -0.2) is 0 Å². The van der Waals surface area contributed by atoms with Crippen LogP contribution < -0.4 is 10.6 Å². The first-order valence-corrected chi connectivity index (χ1v) is 14.7. The van der Waals surface area contributed by atoms with E-state index in [-0.39, 0.29) is 19.8 Å². The summed E-state index contributed by atoms with van der Waals surface area (Å²) in [5, 5.41) is 6.88. The van der Waals surface area contributed by atoms with Crippen molar-refractivity contribution in [2.45, 2.75) is 25.8 Å². The van der Waals surface area contributed by atoms with Gasteiger partial charge in [0.1, 0.15) is 6.04 Å². The molecule has 0 saturated carbocycles. The molecule has 0 aliphatic carbocycles. The topological polar surface area (TPSA) is 85.9 Å². The summed E-state index contributed by atoms with van der Waals surface area (Å²) in [6.45, 7) is 0.522. The molecule has 4 aromatic carbocycles. The van der Waals surface area contributed by atoms with Crippen LogP contribution >= 0.6 is 31.8 Å². The average Bonchev–Trinajstić information content (AvgIpc) is 3.01. The van der Waals surface area contributed by atoms with Gasteiger partial charge in [0, 0.05) is 22.2 Å². The van der Waals surface area contributed by atoms with Crippen LogP contribution in [0.25, 0.3) is 0 Å². The highest BCUT2D eigenvalue weighted by molar-refractivity contribution is 7.41. The molecule has 2 N–H and O–H groups in total. The van der Waals surface area contributed by atoms with E-state index in [0.29, 0.717) is 22.2 Å². The Labute approximate surface area is 250 Å². The van der Waals surface area contributed by atoms with E-state index in [9.17, 15) is 9.59 Å². The zero-order valence-corrected chi connectivity index (χ0v) is 24.4. The number of amides is 2. The molecular weight excluding hydrogens is 582 g/mol. The standard InChI is InChI=1S/C31H29Cl2N2O5P/c32-27-15-11-24(12-16-27)20-38-41(39-21-25-13-17-28(33)18-14-25)40-22-29(35-30(36)26-9-5-2-6-10-26)31(37)34-19-23-7-3-1-4-8-23/h1-18,29H,19-22H2,(H,34,37)(H,35,36)/t29-/m0/s1. The maximum absolute atomic E-state index is 13.2. The van der Waals surface area contributed by atoms with Crippen molar-refractivity contribution in [2.24, 2.45) is 0 Å². The Balaban J connectivity index is 1.44. The van der Waals surface area contributed by atoms with Crippen molar-refractivity contribution in [3.8, 4) is 0 Å². The third-order valence-corrected chi connectivity index (χ3v) is 7.36. The third kappa shape index (κ3) is 10.6. The van der Waals surface area contributed by atoms with E-state index in [1.54, 1.807) is 48.5 Å². The highest BCUT2D eigenvalue weighted by Gasteiger charge is 2.25. The third-order valence-electron chi connectivity index (χ3n) is 5.81. The summed E-state index contributed by atoms with van der Waals surface area (Å²) in [4.78, 5) is 26.1. The first-order valence-electron chi connectivity index (χ1n) is 12.8. The number of carbonyl (C=O) groups excluding carboxylic acids is 2. The maximum Gasteiger partial charge on any atom is 0.333 e. The second kappa shape index (κ2) is 16.2. The van der Waals surface area contributed by atoms with Crippen LogP contribution in [-0.2, 0) is 38.1 Å². The van der Waals surface area contributed by atoms with E-state index in [2.05, 4.69) is 10.6 Å². The zero-order valence-electron chi connectivity index (χ0n) is 22.0. The fourth-order valence-electron chi connectivity index (χ4n) is 3.59. The van der Waals surface area contributed by atoms with Crippen molar-refractivity contribution in [2.75, 3.05) is 6.61 Å². The molecule has 41 heavy (non-hydrogen) atoms. The summed E-state index contributed by atoms with van der Waals surface area (Å²) in [5.74, 6) is -0.800. The van der Waals surface area contributed by atoms with Gasteiger partial charge in [0.05, 0.1) is 19.8 Å². The van der Waals surface area contributed by atoms with Crippen LogP contribution in [0.4, 0.5) is 0 Å². The smallest absolute Gasteiger partial charge is 0.333 e. The van der Waals surface area contributed by atoms with Gasteiger partial charge in [0.15, 0.2) is 0 Å². The number of hydrogen-bond acceptors (Lipinski definition) is 5. The molecule has 0 aliphatic heterocycles. The lowest BCUT2D eigenvalue weighted by Gasteiger charge is -2.22. The van der Waals surface area contributed by atoms with Gasteiger partial charge in [0.25, 0.3) is 5.91 Å². The minimum Gasteiger partial charge on any atom is -0.350 e. The molecule has 7 nitrogen and oxygen atoms in total. The lowest BCUT2D eigenvalue weighted by molar-refractivity contribution is -0.123. The van der Waals surface area contributed by atoms with E-state index in [1.165, 1.54) is 0 Å². The van der Waals surface area contributed by atoms with Gasteiger partial charge in [-0.3, -0.25) is 9.59 Å². The van der Waals surface area contributed by atoms with Crippen LogP contribution in [0, 0.1) is 0 Å². The summed E-state index contributed by atoms with van der Waals surface area (Å²) < 4.78 is 17.9. The summed E-state index contributed by atoms with van der Waals surface area (Å²) in [6.07, 6.45) is 0. The second-order valence-electron chi connectivity index (χ2n) is 8.91. The van der Waals surface area contributed by atoms with E-state index in [4.69, 9.17) is 36.8 Å². The highest BCUT2D eigenvalue weighted by atomic mass is 35.5. The molecule has 0 heterocycles. The first kappa shape index (κ1) is 30.7. The molecule has 1 atom stereocenters. The van der Waals surface area contributed by atoms with Gasteiger partial charge in [-0.2, -0.15) is 0 Å². The number of carbonyl (C=O) groups is 2. The van der Waals surface area contributed by atoms with E-state index in [1.807, 2.05) is 60.7 Å². The highest BCUT2D eigenvalue weighted by Crippen LogP contribution is 2.42. The molecule has 0 saturated heterocycles. The van der Waals surface area contributed by atoms with E-state index >= 15 is 0 Å². The molecule has 0 radical (unpaired) electrons. The Morgan fingerprint density at radius 2 is 1.17 bits per heavy atom. The second-order valence-corrected chi connectivity index (χ2v) is 11.0. The predicted octanol–water partition coefficient (Wildman–Crippen LogP) is 7.09. The fraction of sp³-hybridized carbons (Fsp3) is 0.161. The van der Waals surface area contributed by atoms with Crippen molar-refractivity contribution in [1.29, 1.82) is 0 Å². The lowest BCUT2D eigenvalue weighted by atomic mass is 10.2.